The smallest absolute Gasteiger partial charge is 0.329 e. The van der Waals surface area contributed by atoms with E-state index in [1.165, 1.54) is 11.8 Å². The molecule has 0 aromatic rings. The van der Waals surface area contributed by atoms with E-state index in [2.05, 4.69) is 5.32 Å². The Labute approximate surface area is 111 Å². The summed E-state index contributed by atoms with van der Waals surface area (Å²) in [6.45, 7) is 2.36. The highest BCUT2D eigenvalue weighted by molar-refractivity contribution is 5.86. The van der Waals surface area contributed by atoms with Crippen LogP contribution < -0.4 is 5.32 Å². The lowest BCUT2D eigenvalue weighted by Gasteiger charge is -2.34. The number of amides is 2. The zero-order chi connectivity index (χ0) is 14.0. The van der Waals surface area contributed by atoms with Crippen molar-refractivity contribution in [1.82, 2.24) is 10.2 Å². The van der Waals surface area contributed by atoms with E-state index in [0.29, 0.717) is 13.2 Å². The van der Waals surface area contributed by atoms with Gasteiger partial charge in [0.25, 0.3) is 0 Å². The van der Waals surface area contributed by atoms with E-state index in [1.807, 2.05) is 6.07 Å². The molecule has 1 aliphatic heterocycles. The summed E-state index contributed by atoms with van der Waals surface area (Å²) in [5.41, 5.74) is -1.22. The van der Waals surface area contributed by atoms with Crippen LogP contribution in [0.15, 0.2) is 0 Å². The Hall–Kier alpha value is -1.81. The Morgan fingerprint density at radius 2 is 2.21 bits per heavy atom. The standard InChI is InChI=1S/C12H17N3O4/c1-12(10(16)17,8-2-3-8)14-11(18)15-4-5-19-9(6-13)7-15/h8-9H,2-5,7H2,1H3,(H,14,18)(H,16,17). The van der Waals surface area contributed by atoms with Crippen molar-refractivity contribution in [3.63, 3.8) is 0 Å². The van der Waals surface area contributed by atoms with Crippen molar-refractivity contribution in [2.75, 3.05) is 19.7 Å². The van der Waals surface area contributed by atoms with Gasteiger partial charge in [-0.2, -0.15) is 5.26 Å². The van der Waals surface area contributed by atoms with E-state index < -0.39 is 23.6 Å². The Bertz CT molecular complexity index is 429. The fraction of sp³-hybridized carbons (Fsp3) is 0.750. The molecular formula is C12H17N3O4. The molecular weight excluding hydrogens is 250 g/mol. The molecule has 0 spiro atoms. The number of nitriles is 1. The minimum absolute atomic E-state index is 0.0123. The highest BCUT2D eigenvalue weighted by atomic mass is 16.5. The number of rotatable bonds is 3. The van der Waals surface area contributed by atoms with Crippen LogP contribution in [0.25, 0.3) is 0 Å². The van der Waals surface area contributed by atoms with E-state index in [1.54, 1.807) is 0 Å². The molecule has 104 valence electrons. The largest absolute Gasteiger partial charge is 0.480 e. The predicted molar refractivity (Wildman–Crippen MR) is 64.2 cm³/mol. The molecule has 2 rings (SSSR count). The quantitative estimate of drug-likeness (QED) is 0.759. The normalized spacial score (nSPS) is 26.1. The van der Waals surface area contributed by atoms with Gasteiger partial charge < -0.3 is 20.1 Å². The van der Waals surface area contributed by atoms with Crippen LogP contribution in [0.2, 0.25) is 0 Å². The molecule has 2 amide bonds. The van der Waals surface area contributed by atoms with Crippen molar-refractivity contribution in [3.05, 3.63) is 0 Å². The van der Waals surface area contributed by atoms with Gasteiger partial charge in [0.15, 0.2) is 6.10 Å². The number of hydrogen-bond donors (Lipinski definition) is 2. The van der Waals surface area contributed by atoms with Gasteiger partial charge in [-0.1, -0.05) is 0 Å². The average Bonchev–Trinajstić information content (AvgIpc) is 3.23. The number of hydrogen-bond acceptors (Lipinski definition) is 4. The summed E-state index contributed by atoms with van der Waals surface area (Å²) < 4.78 is 5.15. The topological polar surface area (TPSA) is 103 Å². The molecule has 0 radical (unpaired) electrons. The first-order chi connectivity index (χ1) is 8.97. The van der Waals surface area contributed by atoms with Crippen molar-refractivity contribution in [3.8, 4) is 6.07 Å². The summed E-state index contributed by atoms with van der Waals surface area (Å²) in [4.78, 5) is 24.9. The third kappa shape index (κ3) is 2.79. The summed E-state index contributed by atoms with van der Waals surface area (Å²) in [7, 11) is 0. The maximum Gasteiger partial charge on any atom is 0.329 e. The van der Waals surface area contributed by atoms with Gasteiger partial charge in [0, 0.05) is 6.54 Å². The van der Waals surface area contributed by atoms with Gasteiger partial charge in [0.1, 0.15) is 5.54 Å². The second-order valence-electron chi connectivity index (χ2n) is 5.15. The van der Waals surface area contributed by atoms with Crippen molar-refractivity contribution in [2.24, 2.45) is 5.92 Å². The summed E-state index contributed by atoms with van der Waals surface area (Å²) in [5.74, 6) is -1.03. The molecule has 7 heteroatoms. The second kappa shape index (κ2) is 5.05. The highest BCUT2D eigenvalue weighted by Crippen LogP contribution is 2.39. The molecule has 2 N–H and O–H groups in total. The van der Waals surface area contributed by atoms with E-state index in [9.17, 15) is 14.7 Å². The third-order valence-electron chi connectivity index (χ3n) is 3.70. The number of ether oxygens (including phenoxy) is 1. The van der Waals surface area contributed by atoms with Crippen molar-refractivity contribution in [1.29, 1.82) is 5.26 Å². The summed E-state index contributed by atoms with van der Waals surface area (Å²) >= 11 is 0. The van der Waals surface area contributed by atoms with Gasteiger partial charge >= 0.3 is 12.0 Å². The number of carboxylic acids is 1. The molecule has 1 aliphatic carbocycles. The van der Waals surface area contributed by atoms with Gasteiger partial charge in [-0.25, -0.2) is 9.59 Å². The average molecular weight is 267 g/mol. The third-order valence-corrected chi connectivity index (χ3v) is 3.70. The molecule has 2 fully saturated rings. The van der Waals surface area contributed by atoms with Crippen LogP contribution in [0.1, 0.15) is 19.8 Å². The monoisotopic (exact) mass is 267 g/mol. The minimum atomic E-state index is -1.22. The van der Waals surface area contributed by atoms with Crippen LogP contribution in [-0.4, -0.2) is 53.3 Å². The lowest BCUT2D eigenvalue weighted by molar-refractivity contribution is -0.144. The molecule has 2 atom stereocenters. The van der Waals surface area contributed by atoms with Crippen molar-refractivity contribution in [2.45, 2.75) is 31.4 Å². The fourth-order valence-corrected chi connectivity index (χ4v) is 2.20. The molecule has 2 unspecified atom stereocenters. The first kappa shape index (κ1) is 13.6. The molecule has 0 aromatic carbocycles. The zero-order valence-electron chi connectivity index (χ0n) is 10.8. The summed E-state index contributed by atoms with van der Waals surface area (Å²) in [6.07, 6.45) is 0.983. The Morgan fingerprint density at radius 3 is 2.74 bits per heavy atom. The van der Waals surface area contributed by atoms with E-state index in [0.717, 1.165) is 12.8 Å². The molecule has 7 nitrogen and oxygen atoms in total. The molecule has 0 bridgehead atoms. The van der Waals surface area contributed by atoms with Crippen LogP contribution in [0.4, 0.5) is 4.79 Å². The summed E-state index contributed by atoms with van der Waals surface area (Å²) in [6, 6.07) is 1.51. The van der Waals surface area contributed by atoms with Crippen molar-refractivity contribution >= 4 is 12.0 Å². The molecule has 1 saturated carbocycles. The number of aliphatic carboxylic acids is 1. The zero-order valence-corrected chi connectivity index (χ0v) is 10.8. The van der Waals surface area contributed by atoms with E-state index in [4.69, 9.17) is 10.00 Å². The SMILES string of the molecule is CC(NC(=O)N1CCOC(C#N)C1)(C(=O)O)C1CC1. The number of nitrogens with zero attached hydrogens (tertiary/aromatic N) is 2. The number of carbonyl (C=O) groups excluding carboxylic acids is 1. The Morgan fingerprint density at radius 1 is 1.53 bits per heavy atom. The Kier molecular flexibility index (Phi) is 3.62. The van der Waals surface area contributed by atoms with Gasteiger partial charge in [-0.15, -0.1) is 0 Å². The fourth-order valence-electron chi connectivity index (χ4n) is 2.20. The highest BCUT2D eigenvalue weighted by Gasteiger charge is 2.49. The molecule has 1 saturated heterocycles. The van der Waals surface area contributed by atoms with Crippen LogP contribution >= 0.6 is 0 Å². The molecule has 19 heavy (non-hydrogen) atoms. The maximum absolute atomic E-state index is 12.1. The van der Waals surface area contributed by atoms with Gasteiger partial charge in [-0.05, 0) is 25.7 Å². The van der Waals surface area contributed by atoms with E-state index in [-0.39, 0.29) is 12.5 Å². The molecule has 2 aliphatic rings. The number of urea groups is 1. The maximum atomic E-state index is 12.1. The summed E-state index contributed by atoms with van der Waals surface area (Å²) in [5, 5.41) is 20.7. The van der Waals surface area contributed by atoms with Crippen LogP contribution in [0, 0.1) is 17.2 Å². The number of nitrogens with one attached hydrogen (secondary N) is 1. The first-order valence-electron chi connectivity index (χ1n) is 6.29. The first-order valence-corrected chi connectivity index (χ1v) is 6.29. The number of carbonyl (C=O) groups is 2. The van der Waals surface area contributed by atoms with Crippen molar-refractivity contribution < 1.29 is 19.4 Å². The predicted octanol–water partition coefficient (Wildman–Crippen LogP) is 0.174. The lowest BCUT2D eigenvalue weighted by atomic mass is 9.96. The number of morpholine rings is 1. The van der Waals surface area contributed by atoms with Crippen LogP contribution in [0.3, 0.4) is 0 Å². The molecule has 1 heterocycles. The van der Waals surface area contributed by atoms with Crippen LogP contribution in [-0.2, 0) is 9.53 Å². The van der Waals surface area contributed by atoms with Gasteiger partial charge in [0.05, 0.1) is 19.2 Å². The Balaban J connectivity index is 2.00. The molecule has 0 aromatic heterocycles. The second-order valence-corrected chi connectivity index (χ2v) is 5.15. The van der Waals surface area contributed by atoms with Gasteiger partial charge in [-0.3, -0.25) is 0 Å². The lowest BCUT2D eigenvalue weighted by Crippen LogP contribution is -2.59. The van der Waals surface area contributed by atoms with E-state index >= 15 is 0 Å². The number of carboxylic acid groups (broad SMARTS) is 1. The van der Waals surface area contributed by atoms with Gasteiger partial charge in [0.2, 0.25) is 0 Å². The minimum Gasteiger partial charge on any atom is -0.480 e. The van der Waals surface area contributed by atoms with Crippen LogP contribution in [0.5, 0.6) is 0 Å².